The number of benzene rings is 2. The lowest BCUT2D eigenvalue weighted by Gasteiger charge is -2.10. The molecule has 3 heteroatoms. The molecule has 2 aromatic carbocycles. The molecule has 0 aliphatic heterocycles. The summed E-state index contributed by atoms with van der Waals surface area (Å²) >= 11 is 0. The van der Waals surface area contributed by atoms with Crippen molar-refractivity contribution in [2.75, 3.05) is 5.73 Å². The molecule has 0 unspecified atom stereocenters. The zero-order valence-electron chi connectivity index (χ0n) is 11.7. The summed E-state index contributed by atoms with van der Waals surface area (Å²) in [6.45, 7) is 8.30. The second-order valence-electron chi connectivity index (χ2n) is 5.25. The second kappa shape index (κ2) is 3.92. The summed E-state index contributed by atoms with van der Waals surface area (Å²) in [5.74, 6) is 0. The first kappa shape index (κ1) is 11.9. The molecule has 96 valence electrons. The molecule has 0 aliphatic carbocycles. The SMILES string of the molecule is Cc1cc2nc3c(N)cc(C)c(C)c3nc2cc1C. The molecule has 1 heterocycles. The normalized spacial score (nSPS) is 11.4. The summed E-state index contributed by atoms with van der Waals surface area (Å²) < 4.78 is 0. The van der Waals surface area contributed by atoms with Crippen molar-refractivity contribution in [3.05, 3.63) is 40.5 Å². The minimum Gasteiger partial charge on any atom is -0.397 e. The van der Waals surface area contributed by atoms with E-state index in [1.165, 1.54) is 11.1 Å². The molecule has 0 amide bonds. The number of nitrogen functional groups attached to an aromatic ring is 1. The van der Waals surface area contributed by atoms with Gasteiger partial charge >= 0.3 is 0 Å². The fourth-order valence-electron chi connectivity index (χ4n) is 2.37. The van der Waals surface area contributed by atoms with Gasteiger partial charge < -0.3 is 5.73 Å². The van der Waals surface area contributed by atoms with Crippen LogP contribution in [0, 0.1) is 27.7 Å². The first-order valence-corrected chi connectivity index (χ1v) is 6.42. The van der Waals surface area contributed by atoms with Crippen LogP contribution in [-0.2, 0) is 0 Å². The summed E-state index contributed by atoms with van der Waals surface area (Å²) in [5.41, 5.74) is 15.1. The molecule has 0 atom stereocenters. The van der Waals surface area contributed by atoms with Crippen LogP contribution in [0.2, 0.25) is 0 Å². The number of aryl methyl sites for hydroxylation is 4. The monoisotopic (exact) mass is 251 g/mol. The Morgan fingerprint density at radius 1 is 0.737 bits per heavy atom. The van der Waals surface area contributed by atoms with E-state index < -0.39 is 0 Å². The molecule has 1 aromatic heterocycles. The molecule has 0 radical (unpaired) electrons. The van der Waals surface area contributed by atoms with Crippen LogP contribution in [0.3, 0.4) is 0 Å². The van der Waals surface area contributed by atoms with Crippen molar-refractivity contribution in [1.29, 1.82) is 0 Å². The summed E-state index contributed by atoms with van der Waals surface area (Å²) in [6.07, 6.45) is 0. The quantitative estimate of drug-likeness (QED) is 0.490. The number of hydrogen-bond acceptors (Lipinski definition) is 3. The Labute approximate surface area is 112 Å². The number of aromatic nitrogens is 2. The van der Waals surface area contributed by atoms with Gasteiger partial charge in [-0.1, -0.05) is 0 Å². The van der Waals surface area contributed by atoms with Crippen molar-refractivity contribution in [3.63, 3.8) is 0 Å². The molecule has 0 fully saturated rings. The Morgan fingerprint density at radius 3 is 1.84 bits per heavy atom. The van der Waals surface area contributed by atoms with Gasteiger partial charge in [-0.25, -0.2) is 9.97 Å². The van der Waals surface area contributed by atoms with Gasteiger partial charge in [-0.2, -0.15) is 0 Å². The standard InChI is InChI=1S/C16H17N3/c1-8-6-13-14(7-9(8)2)19-16-12(17)5-10(3)11(4)15(16)18-13/h5-7H,17H2,1-4H3. The van der Waals surface area contributed by atoms with Crippen LogP contribution >= 0.6 is 0 Å². The van der Waals surface area contributed by atoms with E-state index in [2.05, 4.69) is 39.8 Å². The maximum absolute atomic E-state index is 6.08. The van der Waals surface area contributed by atoms with Gasteiger partial charge in [-0.15, -0.1) is 0 Å². The van der Waals surface area contributed by atoms with E-state index in [1.54, 1.807) is 0 Å². The predicted octanol–water partition coefficient (Wildman–Crippen LogP) is 3.60. The number of fused-ring (bicyclic) bond motifs is 2. The van der Waals surface area contributed by atoms with Crippen LogP contribution in [0.1, 0.15) is 22.3 Å². The first-order chi connectivity index (χ1) is 8.97. The van der Waals surface area contributed by atoms with E-state index in [0.29, 0.717) is 5.69 Å². The lowest BCUT2D eigenvalue weighted by atomic mass is 10.0. The van der Waals surface area contributed by atoms with Gasteiger partial charge in [0.1, 0.15) is 5.52 Å². The summed E-state index contributed by atoms with van der Waals surface area (Å²) in [6, 6.07) is 6.14. The van der Waals surface area contributed by atoms with Gasteiger partial charge in [0.25, 0.3) is 0 Å². The van der Waals surface area contributed by atoms with Crippen molar-refractivity contribution in [2.45, 2.75) is 27.7 Å². The third-order valence-corrected chi connectivity index (χ3v) is 3.87. The Morgan fingerprint density at radius 2 is 1.26 bits per heavy atom. The first-order valence-electron chi connectivity index (χ1n) is 6.42. The van der Waals surface area contributed by atoms with Gasteiger partial charge in [0.05, 0.1) is 22.2 Å². The highest BCUT2D eigenvalue weighted by Gasteiger charge is 2.10. The Bertz CT molecular complexity index is 819. The molecule has 2 N–H and O–H groups in total. The average Bonchev–Trinajstić information content (AvgIpc) is 2.36. The number of rotatable bonds is 0. The molecule has 0 bridgehead atoms. The third-order valence-electron chi connectivity index (χ3n) is 3.87. The Balaban J connectivity index is 2.52. The molecule has 3 nitrogen and oxygen atoms in total. The van der Waals surface area contributed by atoms with E-state index in [-0.39, 0.29) is 0 Å². The highest BCUT2D eigenvalue weighted by atomic mass is 14.8. The van der Waals surface area contributed by atoms with Crippen LogP contribution in [0.5, 0.6) is 0 Å². The molecule has 19 heavy (non-hydrogen) atoms. The maximum Gasteiger partial charge on any atom is 0.113 e. The van der Waals surface area contributed by atoms with E-state index >= 15 is 0 Å². The third kappa shape index (κ3) is 1.73. The minimum atomic E-state index is 0.700. The van der Waals surface area contributed by atoms with Crippen molar-refractivity contribution in [2.24, 2.45) is 0 Å². The lowest BCUT2D eigenvalue weighted by molar-refractivity contribution is 1.28. The van der Waals surface area contributed by atoms with Crippen molar-refractivity contribution >= 4 is 27.8 Å². The van der Waals surface area contributed by atoms with Crippen molar-refractivity contribution < 1.29 is 0 Å². The number of anilines is 1. The zero-order valence-corrected chi connectivity index (χ0v) is 11.7. The van der Waals surface area contributed by atoms with Gasteiger partial charge in [-0.3, -0.25) is 0 Å². The van der Waals surface area contributed by atoms with E-state index in [9.17, 15) is 0 Å². The predicted molar refractivity (Wildman–Crippen MR) is 80.4 cm³/mol. The average molecular weight is 251 g/mol. The van der Waals surface area contributed by atoms with Crippen molar-refractivity contribution in [3.8, 4) is 0 Å². The summed E-state index contributed by atoms with van der Waals surface area (Å²) in [7, 11) is 0. The topological polar surface area (TPSA) is 51.8 Å². The fourth-order valence-corrected chi connectivity index (χ4v) is 2.37. The highest BCUT2D eigenvalue weighted by molar-refractivity contribution is 5.95. The molecular weight excluding hydrogens is 234 g/mol. The smallest absolute Gasteiger partial charge is 0.113 e. The van der Waals surface area contributed by atoms with E-state index in [0.717, 1.165) is 33.2 Å². The lowest BCUT2D eigenvalue weighted by Crippen LogP contribution is -1.98. The van der Waals surface area contributed by atoms with Gasteiger partial charge in [-0.05, 0) is 68.1 Å². The number of hydrogen-bond donors (Lipinski definition) is 1. The zero-order chi connectivity index (χ0) is 13.7. The molecule has 0 saturated carbocycles. The van der Waals surface area contributed by atoms with Crippen LogP contribution in [0.25, 0.3) is 22.1 Å². The number of nitrogens with zero attached hydrogens (tertiary/aromatic N) is 2. The Kier molecular flexibility index (Phi) is 2.45. The molecule has 3 aromatic rings. The van der Waals surface area contributed by atoms with Crippen molar-refractivity contribution in [1.82, 2.24) is 9.97 Å². The summed E-state index contributed by atoms with van der Waals surface area (Å²) in [4.78, 5) is 9.45. The van der Waals surface area contributed by atoms with Gasteiger partial charge in [0.15, 0.2) is 0 Å². The molecular formula is C16H17N3. The molecule has 0 aliphatic rings. The van der Waals surface area contributed by atoms with Crippen LogP contribution in [0.15, 0.2) is 18.2 Å². The Hall–Kier alpha value is -2.16. The van der Waals surface area contributed by atoms with Crippen LogP contribution in [0.4, 0.5) is 5.69 Å². The van der Waals surface area contributed by atoms with Gasteiger partial charge in [0, 0.05) is 0 Å². The largest absolute Gasteiger partial charge is 0.397 e. The molecule has 0 saturated heterocycles. The highest BCUT2D eigenvalue weighted by Crippen LogP contribution is 2.27. The summed E-state index contributed by atoms with van der Waals surface area (Å²) in [5, 5.41) is 0. The fraction of sp³-hybridized carbons (Fsp3) is 0.250. The maximum atomic E-state index is 6.08. The molecule has 0 spiro atoms. The van der Waals surface area contributed by atoms with Gasteiger partial charge in [0.2, 0.25) is 0 Å². The van der Waals surface area contributed by atoms with E-state index in [1.807, 2.05) is 6.07 Å². The number of nitrogens with two attached hydrogens (primary N) is 1. The van der Waals surface area contributed by atoms with E-state index in [4.69, 9.17) is 15.7 Å². The van der Waals surface area contributed by atoms with Crippen LogP contribution < -0.4 is 5.73 Å². The molecule has 3 rings (SSSR count). The second-order valence-corrected chi connectivity index (χ2v) is 5.25. The minimum absolute atomic E-state index is 0.700. The van der Waals surface area contributed by atoms with Crippen LogP contribution in [-0.4, -0.2) is 9.97 Å².